The van der Waals surface area contributed by atoms with Crippen LogP contribution in [0.3, 0.4) is 0 Å². The van der Waals surface area contributed by atoms with E-state index in [0.717, 1.165) is 29.6 Å². The second kappa shape index (κ2) is 5.38. The lowest BCUT2D eigenvalue weighted by Gasteiger charge is -2.51. The predicted octanol–water partition coefficient (Wildman–Crippen LogP) is 5.30. The molecule has 94 valence electrons. The molecule has 0 aromatic carbocycles. The van der Waals surface area contributed by atoms with Gasteiger partial charge in [0, 0.05) is 0 Å². The van der Waals surface area contributed by atoms with E-state index in [0.29, 0.717) is 0 Å². The van der Waals surface area contributed by atoms with E-state index in [-0.39, 0.29) is 0 Å². The van der Waals surface area contributed by atoms with Gasteiger partial charge in [0.05, 0.1) is 0 Å². The van der Waals surface area contributed by atoms with Gasteiger partial charge in [0.25, 0.3) is 0 Å². The second-order valence-electron chi connectivity index (χ2n) is 6.45. The molecular formula is C16H30. The minimum atomic E-state index is 0.899. The molecule has 0 radical (unpaired) electrons. The van der Waals surface area contributed by atoms with Crippen LogP contribution in [0.1, 0.15) is 61.3 Å². The van der Waals surface area contributed by atoms with Gasteiger partial charge in [0.15, 0.2) is 0 Å². The zero-order valence-corrected chi connectivity index (χ0v) is 12.3. The molecule has 0 nitrogen and oxygen atoms in total. The fraction of sp³-hybridized carbons (Fsp3) is 0.875. The zero-order chi connectivity index (χ0) is 12.5. The Morgan fingerprint density at radius 1 is 0.938 bits per heavy atom. The molecule has 1 fully saturated rings. The number of allylic oxidation sites excluding steroid dienone is 2. The van der Waals surface area contributed by atoms with Gasteiger partial charge in [-0.1, -0.05) is 38.8 Å². The molecule has 1 rings (SSSR count). The molecule has 3 unspecified atom stereocenters. The number of hydrogen-bond acceptors (Lipinski definition) is 0. The first-order valence-corrected chi connectivity index (χ1v) is 6.99. The SMILES string of the molecule is CC(C)=C(C)CCC(C)C1C(C)C(C)C1C. The van der Waals surface area contributed by atoms with Crippen LogP contribution in [0.2, 0.25) is 0 Å². The molecule has 1 saturated carbocycles. The standard InChI is InChI=1S/C16H30/c1-10(2)11(3)8-9-12(4)16-14(6)13(5)15(16)7/h12-16H,8-9H2,1-7H3. The first-order valence-electron chi connectivity index (χ1n) is 6.99. The summed E-state index contributed by atoms with van der Waals surface area (Å²) in [5.74, 6) is 4.70. The van der Waals surface area contributed by atoms with Crippen LogP contribution < -0.4 is 0 Å². The average Bonchev–Trinajstić information content (AvgIpc) is 2.25. The van der Waals surface area contributed by atoms with Crippen LogP contribution >= 0.6 is 0 Å². The Bertz CT molecular complexity index is 247. The lowest BCUT2D eigenvalue weighted by Crippen LogP contribution is -2.45. The fourth-order valence-electron chi connectivity index (χ4n) is 3.44. The molecule has 1 aliphatic rings. The van der Waals surface area contributed by atoms with E-state index in [1.165, 1.54) is 18.4 Å². The van der Waals surface area contributed by atoms with E-state index < -0.39 is 0 Å². The van der Waals surface area contributed by atoms with Crippen LogP contribution in [0.25, 0.3) is 0 Å². The van der Waals surface area contributed by atoms with Crippen molar-refractivity contribution < 1.29 is 0 Å². The van der Waals surface area contributed by atoms with Gasteiger partial charge in [0.1, 0.15) is 0 Å². The van der Waals surface area contributed by atoms with E-state index >= 15 is 0 Å². The highest BCUT2D eigenvalue weighted by Crippen LogP contribution is 2.50. The normalized spacial score (nSPS) is 35.4. The fourth-order valence-corrected chi connectivity index (χ4v) is 3.44. The van der Waals surface area contributed by atoms with Crippen LogP contribution in [0.4, 0.5) is 0 Å². The maximum Gasteiger partial charge on any atom is -0.0318 e. The molecule has 0 heterocycles. The Hall–Kier alpha value is -0.260. The molecule has 1 aliphatic carbocycles. The summed E-state index contributed by atoms with van der Waals surface area (Å²) in [6.45, 7) is 16.5. The monoisotopic (exact) mass is 222 g/mol. The molecule has 0 bridgehead atoms. The van der Waals surface area contributed by atoms with Gasteiger partial charge in [-0.3, -0.25) is 0 Å². The predicted molar refractivity (Wildman–Crippen MR) is 73.4 cm³/mol. The number of rotatable bonds is 4. The van der Waals surface area contributed by atoms with Crippen molar-refractivity contribution in [1.82, 2.24) is 0 Å². The van der Waals surface area contributed by atoms with Crippen LogP contribution in [0.15, 0.2) is 11.1 Å². The summed E-state index contributed by atoms with van der Waals surface area (Å²) in [6, 6.07) is 0. The Kier molecular flexibility index (Phi) is 4.64. The summed E-state index contributed by atoms with van der Waals surface area (Å²) in [5.41, 5.74) is 3.11. The van der Waals surface area contributed by atoms with Crippen molar-refractivity contribution in [3.05, 3.63) is 11.1 Å². The summed E-state index contributed by atoms with van der Waals surface area (Å²) in [4.78, 5) is 0. The zero-order valence-electron chi connectivity index (χ0n) is 12.3. The minimum Gasteiger partial charge on any atom is -0.0775 e. The largest absolute Gasteiger partial charge is 0.0775 e. The highest BCUT2D eigenvalue weighted by molar-refractivity contribution is 5.06. The molecule has 0 spiro atoms. The molecule has 0 aromatic heterocycles. The maximum atomic E-state index is 2.46. The Morgan fingerprint density at radius 2 is 1.44 bits per heavy atom. The minimum absolute atomic E-state index is 0.899. The molecule has 0 heteroatoms. The third-order valence-electron chi connectivity index (χ3n) is 5.36. The van der Waals surface area contributed by atoms with E-state index in [4.69, 9.17) is 0 Å². The van der Waals surface area contributed by atoms with Gasteiger partial charge >= 0.3 is 0 Å². The smallest absolute Gasteiger partial charge is 0.0318 e. The van der Waals surface area contributed by atoms with Gasteiger partial charge in [-0.15, -0.1) is 0 Å². The first-order chi connectivity index (χ1) is 7.36. The number of hydrogen-bond donors (Lipinski definition) is 0. The molecule has 0 N–H and O–H groups in total. The molecule has 0 aliphatic heterocycles. The molecule has 0 aromatic rings. The highest BCUT2D eigenvalue weighted by atomic mass is 14.5. The Balaban J connectivity index is 2.42. The molecule has 0 saturated heterocycles. The van der Waals surface area contributed by atoms with Crippen LogP contribution in [0.5, 0.6) is 0 Å². The Labute approximate surface area is 103 Å². The van der Waals surface area contributed by atoms with Gasteiger partial charge in [-0.05, 0) is 63.2 Å². The van der Waals surface area contributed by atoms with Crippen molar-refractivity contribution in [3.8, 4) is 0 Å². The molecule has 0 amide bonds. The van der Waals surface area contributed by atoms with Gasteiger partial charge in [-0.25, -0.2) is 0 Å². The van der Waals surface area contributed by atoms with Crippen molar-refractivity contribution >= 4 is 0 Å². The van der Waals surface area contributed by atoms with Crippen molar-refractivity contribution in [3.63, 3.8) is 0 Å². The Morgan fingerprint density at radius 3 is 1.88 bits per heavy atom. The van der Waals surface area contributed by atoms with Crippen LogP contribution in [-0.2, 0) is 0 Å². The van der Waals surface area contributed by atoms with Crippen molar-refractivity contribution in [1.29, 1.82) is 0 Å². The van der Waals surface area contributed by atoms with Gasteiger partial charge < -0.3 is 0 Å². The quantitative estimate of drug-likeness (QED) is 0.566. The summed E-state index contributed by atoms with van der Waals surface area (Å²) < 4.78 is 0. The summed E-state index contributed by atoms with van der Waals surface area (Å²) in [7, 11) is 0. The van der Waals surface area contributed by atoms with E-state index in [2.05, 4.69) is 48.5 Å². The molecule has 16 heavy (non-hydrogen) atoms. The summed E-state index contributed by atoms with van der Waals surface area (Å²) >= 11 is 0. The van der Waals surface area contributed by atoms with E-state index in [1.54, 1.807) is 5.57 Å². The summed E-state index contributed by atoms with van der Waals surface area (Å²) in [5, 5.41) is 0. The summed E-state index contributed by atoms with van der Waals surface area (Å²) in [6.07, 6.45) is 2.68. The maximum absolute atomic E-state index is 2.46. The lowest BCUT2D eigenvalue weighted by molar-refractivity contribution is -0.0247. The van der Waals surface area contributed by atoms with Crippen LogP contribution in [0, 0.1) is 29.6 Å². The first kappa shape index (κ1) is 13.8. The molecular weight excluding hydrogens is 192 g/mol. The highest BCUT2D eigenvalue weighted by Gasteiger charge is 2.44. The van der Waals surface area contributed by atoms with Gasteiger partial charge in [-0.2, -0.15) is 0 Å². The third kappa shape index (κ3) is 2.70. The van der Waals surface area contributed by atoms with E-state index in [9.17, 15) is 0 Å². The average molecular weight is 222 g/mol. The van der Waals surface area contributed by atoms with Crippen LogP contribution in [-0.4, -0.2) is 0 Å². The van der Waals surface area contributed by atoms with Crippen molar-refractivity contribution in [2.24, 2.45) is 29.6 Å². The second-order valence-corrected chi connectivity index (χ2v) is 6.45. The van der Waals surface area contributed by atoms with Crippen molar-refractivity contribution in [2.75, 3.05) is 0 Å². The third-order valence-corrected chi connectivity index (χ3v) is 5.36. The topological polar surface area (TPSA) is 0 Å². The van der Waals surface area contributed by atoms with E-state index in [1.807, 2.05) is 0 Å². The van der Waals surface area contributed by atoms with Crippen molar-refractivity contribution in [2.45, 2.75) is 61.3 Å². The lowest BCUT2D eigenvalue weighted by atomic mass is 9.54. The van der Waals surface area contributed by atoms with Gasteiger partial charge in [0.2, 0.25) is 0 Å². The molecule has 3 atom stereocenters.